The molecule has 0 spiro atoms. The number of Topliss-reactive ketones (excluding diaryl/α,β-unsaturated/α-hetero) is 1. The van der Waals surface area contributed by atoms with E-state index in [9.17, 15) is 20.4 Å². The van der Waals surface area contributed by atoms with Gasteiger partial charge in [0.1, 0.15) is 17.5 Å². The minimum Gasteiger partial charge on any atom is -0.508 e. The van der Waals surface area contributed by atoms with Crippen molar-refractivity contribution in [3.8, 4) is 17.9 Å². The molecule has 1 aliphatic carbocycles. The van der Waals surface area contributed by atoms with Gasteiger partial charge in [-0.25, -0.2) is 0 Å². The van der Waals surface area contributed by atoms with Crippen molar-refractivity contribution in [2.75, 3.05) is 0 Å². The maximum atomic E-state index is 12.4. The second-order valence-electron chi connectivity index (χ2n) is 5.53. The number of benzene rings is 1. The lowest BCUT2D eigenvalue weighted by molar-refractivity contribution is -0.123. The van der Waals surface area contributed by atoms with Crippen LogP contribution >= 0.6 is 0 Å². The predicted octanol–water partition coefficient (Wildman–Crippen LogP) is 3.29. The van der Waals surface area contributed by atoms with Crippen molar-refractivity contribution >= 4 is 5.78 Å². The minimum absolute atomic E-state index is 0.134. The second-order valence-corrected chi connectivity index (χ2v) is 5.53. The molecule has 4 nitrogen and oxygen atoms in total. The molecule has 2 atom stereocenters. The highest BCUT2D eigenvalue weighted by Crippen LogP contribution is 2.38. The summed E-state index contributed by atoms with van der Waals surface area (Å²) >= 11 is 0. The first kappa shape index (κ1) is 15.1. The molecule has 1 aromatic rings. The summed E-state index contributed by atoms with van der Waals surface area (Å²) in [6, 6.07) is 10.5. The van der Waals surface area contributed by atoms with Crippen LogP contribution in [0.5, 0.6) is 5.75 Å². The van der Waals surface area contributed by atoms with Gasteiger partial charge >= 0.3 is 0 Å². The molecule has 1 N–H and O–H groups in total. The van der Waals surface area contributed by atoms with Gasteiger partial charge in [0.2, 0.25) is 0 Å². The van der Waals surface area contributed by atoms with Crippen LogP contribution in [0.2, 0.25) is 0 Å². The number of hydrogen-bond acceptors (Lipinski definition) is 4. The van der Waals surface area contributed by atoms with Crippen molar-refractivity contribution in [3.63, 3.8) is 0 Å². The summed E-state index contributed by atoms with van der Waals surface area (Å²) in [5, 5.41) is 27.9. The van der Waals surface area contributed by atoms with E-state index in [1.807, 2.05) is 12.1 Å². The number of rotatable bonds is 3. The van der Waals surface area contributed by atoms with Crippen LogP contribution in [-0.2, 0) is 4.79 Å². The molecule has 1 aromatic carbocycles. The zero-order chi connectivity index (χ0) is 15.2. The molecule has 2 unspecified atom stereocenters. The Balaban J connectivity index is 2.40. The van der Waals surface area contributed by atoms with Gasteiger partial charge in [-0.15, -0.1) is 0 Å². The van der Waals surface area contributed by atoms with E-state index >= 15 is 0 Å². The number of carbonyl (C=O) groups is 1. The highest BCUT2D eigenvalue weighted by molar-refractivity contribution is 5.82. The monoisotopic (exact) mass is 282 g/mol. The summed E-state index contributed by atoms with van der Waals surface area (Å²) in [4.78, 5) is 12.4. The van der Waals surface area contributed by atoms with Gasteiger partial charge in [0.05, 0.1) is 12.1 Å². The molecule has 4 heteroatoms. The van der Waals surface area contributed by atoms with Crippen molar-refractivity contribution < 1.29 is 9.90 Å². The van der Waals surface area contributed by atoms with E-state index in [0.29, 0.717) is 6.42 Å². The maximum absolute atomic E-state index is 12.4. The van der Waals surface area contributed by atoms with Gasteiger partial charge < -0.3 is 5.11 Å². The van der Waals surface area contributed by atoms with E-state index in [0.717, 1.165) is 31.2 Å². The summed E-state index contributed by atoms with van der Waals surface area (Å²) in [7, 11) is 0. The van der Waals surface area contributed by atoms with Gasteiger partial charge in [-0.3, -0.25) is 4.79 Å². The minimum atomic E-state index is -0.846. The summed E-state index contributed by atoms with van der Waals surface area (Å²) in [5.74, 6) is -1.25. The molecule has 1 saturated carbocycles. The van der Waals surface area contributed by atoms with Crippen molar-refractivity contribution in [2.24, 2.45) is 11.8 Å². The maximum Gasteiger partial charge on any atom is 0.140 e. The van der Waals surface area contributed by atoms with Crippen LogP contribution < -0.4 is 0 Å². The Hall–Kier alpha value is -2.33. The third kappa shape index (κ3) is 3.41. The van der Waals surface area contributed by atoms with Crippen molar-refractivity contribution in [1.82, 2.24) is 0 Å². The highest BCUT2D eigenvalue weighted by Gasteiger charge is 2.36. The molecule has 0 bridgehead atoms. The van der Waals surface area contributed by atoms with Crippen molar-refractivity contribution in [2.45, 2.75) is 38.0 Å². The summed E-state index contributed by atoms with van der Waals surface area (Å²) in [6.45, 7) is 0. The van der Waals surface area contributed by atoms with Crippen LogP contribution in [0.15, 0.2) is 24.3 Å². The van der Waals surface area contributed by atoms with Gasteiger partial charge in [0.15, 0.2) is 0 Å². The van der Waals surface area contributed by atoms with E-state index in [4.69, 9.17) is 0 Å². The Morgan fingerprint density at radius 1 is 1.10 bits per heavy atom. The van der Waals surface area contributed by atoms with Gasteiger partial charge in [-0.05, 0) is 30.5 Å². The molecule has 0 radical (unpaired) electrons. The topological polar surface area (TPSA) is 84.9 Å². The number of carbonyl (C=O) groups excluding carboxylic acids is 1. The lowest BCUT2D eigenvalue weighted by atomic mass is 9.74. The zero-order valence-corrected chi connectivity index (χ0v) is 11.8. The van der Waals surface area contributed by atoms with E-state index in [2.05, 4.69) is 0 Å². The largest absolute Gasteiger partial charge is 0.508 e. The first-order valence-corrected chi connectivity index (χ1v) is 7.28. The third-order valence-electron chi connectivity index (χ3n) is 4.20. The Labute approximate surface area is 124 Å². The first-order chi connectivity index (χ1) is 10.2. The highest BCUT2D eigenvalue weighted by atomic mass is 16.3. The van der Waals surface area contributed by atoms with Crippen molar-refractivity contribution in [3.05, 3.63) is 29.8 Å². The molecule has 0 aliphatic heterocycles. The predicted molar refractivity (Wildman–Crippen MR) is 77.1 cm³/mol. The number of aromatic hydroxyl groups is 1. The Morgan fingerprint density at radius 3 is 2.38 bits per heavy atom. The molecule has 108 valence electrons. The quantitative estimate of drug-likeness (QED) is 0.862. The average molecular weight is 282 g/mol. The smallest absolute Gasteiger partial charge is 0.140 e. The zero-order valence-electron chi connectivity index (χ0n) is 11.8. The van der Waals surface area contributed by atoms with Crippen LogP contribution in [-0.4, -0.2) is 10.9 Å². The van der Waals surface area contributed by atoms with Gasteiger partial charge in [0.25, 0.3) is 0 Å². The molecule has 2 rings (SSSR count). The number of hydrogen-bond donors (Lipinski definition) is 1. The number of nitriles is 2. The molecule has 0 saturated heterocycles. The number of phenolic OH excluding ortho intramolecular Hbond substituents is 1. The molecule has 1 fully saturated rings. The molecular weight excluding hydrogens is 264 g/mol. The van der Waals surface area contributed by atoms with E-state index in [1.165, 1.54) is 12.1 Å². The molecule has 1 aliphatic rings. The number of phenols is 1. The Bertz CT molecular complexity index is 566. The Morgan fingerprint density at radius 2 is 1.76 bits per heavy atom. The fourth-order valence-electron chi connectivity index (χ4n) is 3.11. The lowest BCUT2D eigenvalue weighted by Gasteiger charge is -2.26. The molecule has 0 amide bonds. The Kier molecular flexibility index (Phi) is 4.95. The second kappa shape index (κ2) is 6.90. The number of ketones is 1. The molecule has 21 heavy (non-hydrogen) atoms. The van der Waals surface area contributed by atoms with Crippen LogP contribution in [0.4, 0.5) is 0 Å². The van der Waals surface area contributed by atoms with Crippen molar-refractivity contribution in [1.29, 1.82) is 10.5 Å². The molecular formula is C17H18N2O2. The normalized spacial score (nSPS) is 20.3. The van der Waals surface area contributed by atoms with Crippen LogP contribution in [0, 0.1) is 34.5 Å². The molecule has 0 aromatic heterocycles. The fourth-order valence-corrected chi connectivity index (χ4v) is 3.11. The van der Waals surface area contributed by atoms with E-state index in [-0.39, 0.29) is 17.5 Å². The van der Waals surface area contributed by atoms with E-state index < -0.39 is 11.8 Å². The van der Waals surface area contributed by atoms with E-state index in [1.54, 1.807) is 12.1 Å². The third-order valence-corrected chi connectivity index (χ3v) is 4.20. The average Bonchev–Trinajstić information content (AvgIpc) is 2.71. The van der Waals surface area contributed by atoms with Gasteiger partial charge in [-0.2, -0.15) is 10.5 Å². The molecule has 0 heterocycles. The van der Waals surface area contributed by atoms with Crippen LogP contribution in [0.1, 0.15) is 43.6 Å². The SMILES string of the molecule is N#CC(C#N)C(c1ccc(O)cc1)C1CCCCCC1=O. The van der Waals surface area contributed by atoms with Crippen LogP contribution in [0.25, 0.3) is 0 Å². The lowest BCUT2D eigenvalue weighted by Crippen LogP contribution is -2.26. The van der Waals surface area contributed by atoms with Gasteiger partial charge in [0, 0.05) is 18.3 Å². The standard InChI is InChI=1S/C17H18N2O2/c18-10-13(11-19)17(12-6-8-14(20)9-7-12)15-4-2-1-3-5-16(15)21/h6-9,13,15,17,20H,1-5H2. The first-order valence-electron chi connectivity index (χ1n) is 7.28. The summed E-state index contributed by atoms with van der Waals surface area (Å²) < 4.78 is 0. The summed E-state index contributed by atoms with van der Waals surface area (Å²) in [5.41, 5.74) is 0.779. The summed E-state index contributed by atoms with van der Waals surface area (Å²) in [6.07, 6.45) is 4.12. The fraction of sp³-hybridized carbons (Fsp3) is 0.471. The number of nitrogens with zero attached hydrogens (tertiary/aromatic N) is 2. The van der Waals surface area contributed by atoms with Gasteiger partial charge in [-0.1, -0.05) is 25.0 Å². The van der Waals surface area contributed by atoms with Crippen LogP contribution in [0.3, 0.4) is 0 Å².